The Labute approximate surface area is 115 Å². The molecule has 0 atom stereocenters. The molecule has 0 radical (unpaired) electrons. The number of nitrogens with zero attached hydrogens (tertiary/aromatic N) is 1. The fourth-order valence-corrected chi connectivity index (χ4v) is 2.93. The Balaban J connectivity index is 2.05. The van der Waals surface area contributed by atoms with Crippen LogP contribution in [0.15, 0.2) is 41.8 Å². The molecule has 1 aromatic carbocycles. The van der Waals surface area contributed by atoms with Gasteiger partial charge in [-0.15, -0.1) is 6.58 Å². The summed E-state index contributed by atoms with van der Waals surface area (Å²) in [6, 6.07) is 7.72. The Bertz CT molecular complexity index is 533. The molecule has 19 heavy (non-hydrogen) atoms. The molecule has 0 aromatic heterocycles. The third-order valence-corrected chi connectivity index (χ3v) is 5.03. The Morgan fingerprint density at radius 1 is 1.37 bits per heavy atom. The molecule has 1 saturated carbocycles. The molecular weight excluding hydrogens is 260 g/mol. The summed E-state index contributed by atoms with van der Waals surface area (Å²) in [5, 5.41) is 3.40. The van der Waals surface area contributed by atoms with Crippen LogP contribution in [0.25, 0.3) is 0 Å². The number of likely N-dealkylation sites (N-methyl/N-ethyl adjacent to an activating group) is 1. The number of hydrogen-bond donors (Lipinski definition) is 1. The summed E-state index contributed by atoms with van der Waals surface area (Å²) < 4.78 is 25.6. The quantitative estimate of drug-likeness (QED) is 0.774. The summed E-state index contributed by atoms with van der Waals surface area (Å²) in [5.41, 5.74) is 1.11. The normalized spacial score (nSPS) is 15.7. The van der Waals surface area contributed by atoms with E-state index in [2.05, 4.69) is 11.9 Å². The highest BCUT2D eigenvalue weighted by atomic mass is 32.2. The summed E-state index contributed by atoms with van der Waals surface area (Å²) in [7, 11) is -1.84. The van der Waals surface area contributed by atoms with Gasteiger partial charge in [0, 0.05) is 26.2 Å². The largest absolute Gasteiger partial charge is 0.310 e. The smallest absolute Gasteiger partial charge is 0.243 e. The number of benzene rings is 1. The Morgan fingerprint density at radius 2 is 2.00 bits per heavy atom. The van der Waals surface area contributed by atoms with Crippen LogP contribution in [0.4, 0.5) is 0 Å². The van der Waals surface area contributed by atoms with E-state index in [-0.39, 0.29) is 0 Å². The van der Waals surface area contributed by atoms with Crippen LogP contribution in [0.5, 0.6) is 0 Å². The van der Waals surface area contributed by atoms with Crippen LogP contribution >= 0.6 is 0 Å². The molecule has 0 saturated heterocycles. The first kappa shape index (κ1) is 14.2. The number of rotatable bonds is 7. The molecule has 1 aliphatic carbocycles. The molecule has 0 aliphatic heterocycles. The van der Waals surface area contributed by atoms with Crippen molar-refractivity contribution in [2.75, 3.05) is 13.6 Å². The minimum atomic E-state index is -3.40. The van der Waals surface area contributed by atoms with Crippen molar-refractivity contribution in [3.05, 3.63) is 42.5 Å². The second kappa shape index (κ2) is 5.86. The van der Waals surface area contributed by atoms with Crippen molar-refractivity contribution in [2.24, 2.45) is 0 Å². The highest BCUT2D eigenvalue weighted by molar-refractivity contribution is 7.89. The summed E-state index contributed by atoms with van der Waals surface area (Å²) in [6.45, 7) is 4.67. The lowest BCUT2D eigenvalue weighted by Crippen LogP contribution is -2.27. The van der Waals surface area contributed by atoms with Crippen LogP contribution in [-0.4, -0.2) is 32.4 Å². The highest BCUT2D eigenvalue weighted by Crippen LogP contribution is 2.20. The summed E-state index contributed by atoms with van der Waals surface area (Å²) in [6.07, 6.45) is 4.07. The van der Waals surface area contributed by atoms with Gasteiger partial charge >= 0.3 is 0 Å². The topological polar surface area (TPSA) is 49.4 Å². The van der Waals surface area contributed by atoms with Crippen molar-refractivity contribution in [3.63, 3.8) is 0 Å². The van der Waals surface area contributed by atoms with Crippen molar-refractivity contribution < 1.29 is 8.42 Å². The van der Waals surface area contributed by atoms with Gasteiger partial charge in [-0.25, -0.2) is 8.42 Å². The standard InChI is InChI=1S/C14H20N2O2S/c1-3-10-16(2)19(17,18)14-8-4-12(5-9-14)11-15-13-6-7-13/h3-5,8-9,13,15H,1,6-7,10-11H2,2H3. The zero-order chi connectivity index (χ0) is 13.9. The van der Waals surface area contributed by atoms with Gasteiger partial charge in [-0.3, -0.25) is 0 Å². The molecule has 0 heterocycles. The lowest BCUT2D eigenvalue weighted by molar-refractivity contribution is 0.499. The van der Waals surface area contributed by atoms with Gasteiger partial charge in [0.2, 0.25) is 10.0 Å². The molecule has 0 unspecified atom stereocenters. The summed E-state index contributed by atoms with van der Waals surface area (Å²) in [4.78, 5) is 0.326. The van der Waals surface area contributed by atoms with Gasteiger partial charge < -0.3 is 5.32 Å². The Morgan fingerprint density at radius 3 is 2.53 bits per heavy atom. The summed E-state index contributed by atoms with van der Waals surface area (Å²) >= 11 is 0. The number of sulfonamides is 1. The van der Waals surface area contributed by atoms with Crippen molar-refractivity contribution in [3.8, 4) is 0 Å². The van der Waals surface area contributed by atoms with Crippen LogP contribution < -0.4 is 5.32 Å². The minimum Gasteiger partial charge on any atom is -0.310 e. The van der Waals surface area contributed by atoms with Crippen molar-refractivity contribution in [1.29, 1.82) is 0 Å². The van der Waals surface area contributed by atoms with E-state index in [1.807, 2.05) is 12.1 Å². The molecule has 2 rings (SSSR count). The van der Waals surface area contributed by atoms with E-state index in [4.69, 9.17) is 0 Å². The van der Waals surface area contributed by atoms with Crippen LogP contribution in [0.2, 0.25) is 0 Å². The zero-order valence-corrected chi connectivity index (χ0v) is 12.0. The molecular formula is C14H20N2O2S. The van der Waals surface area contributed by atoms with Gasteiger partial charge in [0.05, 0.1) is 4.90 Å². The van der Waals surface area contributed by atoms with Crippen molar-refractivity contribution in [2.45, 2.75) is 30.3 Å². The van der Waals surface area contributed by atoms with E-state index in [1.165, 1.54) is 17.1 Å². The molecule has 4 nitrogen and oxygen atoms in total. The summed E-state index contributed by atoms with van der Waals surface area (Å²) in [5.74, 6) is 0. The molecule has 0 spiro atoms. The first-order chi connectivity index (χ1) is 9.04. The van der Waals surface area contributed by atoms with Crippen LogP contribution in [-0.2, 0) is 16.6 Å². The van der Waals surface area contributed by atoms with Gasteiger partial charge in [-0.1, -0.05) is 18.2 Å². The van der Waals surface area contributed by atoms with E-state index in [1.54, 1.807) is 25.3 Å². The molecule has 0 amide bonds. The van der Waals surface area contributed by atoms with Gasteiger partial charge in [0.25, 0.3) is 0 Å². The molecule has 1 fully saturated rings. The SMILES string of the molecule is C=CCN(C)S(=O)(=O)c1ccc(CNC2CC2)cc1. The van der Waals surface area contributed by atoms with Crippen LogP contribution in [0, 0.1) is 0 Å². The molecule has 5 heteroatoms. The third-order valence-electron chi connectivity index (χ3n) is 3.19. The Kier molecular flexibility index (Phi) is 4.39. The second-order valence-corrected chi connectivity index (χ2v) is 6.92. The van der Waals surface area contributed by atoms with E-state index in [9.17, 15) is 8.42 Å². The zero-order valence-electron chi connectivity index (χ0n) is 11.2. The maximum absolute atomic E-state index is 12.2. The average molecular weight is 280 g/mol. The van der Waals surface area contributed by atoms with Gasteiger partial charge in [-0.05, 0) is 30.5 Å². The van der Waals surface area contributed by atoms with E-state index in [0.29, 0.717) is 17.5 Å². The fourth-order valence-electron chi connectivity index (χ4n) is 1.79. The van der Waals surface area contributed by atoms with E-state index >= 15 is 0 Å². The molecule has 1 N–H and O–H groups in total. The average Bonchev–Trinajstić information content (AvgIpc) is 3.21. The Hall–Kier alpha value is -1.17. The van der Waals surface area contributed by atoms with Crippen molar-refractivity contribution >= 4 is 10.0 Å². The predicted octanol–water partition coefficient (Wildman–Crippen LogP) is 1.75. The predicted molar refractivity (Wildman–Crippen MR) is 76.3 cm³/mol. The van der Waals surface area contributed by atoms with Gasteiger partial charge in [-0.2, -0.15) is 4.31 Å². The van der Waals surface area contributed by atoms with Gasteiger partial charge in [0.15, 0.2) is 0 Å². The maximum atomic E-state index is 12.2. The molecule has 1 aliphatic rings. The maximum Gasteiger partial charge on any atom is 0.243 e. The fraction of sp³-hybridized carbons (Fsp3) is 0.429. The highest BCUT2D eigenvalue weighted by Gasteiger charge is 2.21. The molecule has 104 valence electrons. The van der Waals surface area contributed by atoms with Crippen LogP contribution in [0.1, 0.15) is 18.4 Å². The second-order valence-electron chi connectivity index (χ2n) is 4.87. The van der Waals surface area contributed by atoms with Gasteiger partial charge in [0.1, 0.15) is 0 Å². The lowest BCUT2D eigenvalue weighted by atomic mass is 10.2. The first-order valence-electron chi connectivity index (χ1n) is 6.43. The number of nitrogens with one attached hydrogen (secondary N) is 1. The third kappa shape index (κ3) is 3.65. The molecule has 0 bridgehead atoms. The van der Waals surface area contributed by atoms with Crippen molar-refractivity contribution in [1.82, 2.24) is 9.62 Å². The monoisotopic (exact) mass is 280 g/mol. The molecule has 1 aromatic rings. The van der Waals surface area contributed by atoms with E-state index in [0.717, 1.165) is 12.1 Å². The van der Waals surface area contributed by atoms with E-state index < -0.39 is 10.0 Å². The minimum absolute atomic E-state index is 0.313. The van der Waals surface area contributed by atoms with Crippen LogP contribution in [0.3, 0.4) is 0 Å². The first-order valence-corrected chi connectivity index (χ1v) is 7.87. The lowest BCUT2D eigenvalue weighted by Gasteiger charge is -2.15. The number of hydrogen-bond acceptors (Lipinski definition) is 3.